The molecule has 1 fully saturated rings. The molecule has 0 spiro atoms. The summed E-state index contributed by atoms with van der Waals surface area (Å²) >= 11 is 3.39. The van der Waals surface area contributed by atoms with E-state index in [1.807, 2.05) is 7.05 Å². The molecule has 6 heteroatoms. The molecule has 0 radical (unpaired) electrons. The first-order chi connectivity index (χ1) is 9.56. The van der Waals surface area contributed by atoms with Crippen LogP contribution in [0.15, 0.2) is 22.7 Å². The molecule has 0 aromatic heterocycles. The fourth-order valence-corrected chi connectivity index (χ4v) is 2.80. The smallest absolute Gasteiger partial charge is 0.238 e. The minimum Gasteiger partial charge on any atom is -0.399 e. The van der Waals surface area contributed by atoms with Gasteiger partial charge in [-0.05, 0) is 54.0 Å². The van der Waals surface area contributed by atoms with Crippen molar-refractivity contribution in [2.75, 3.05) is 37.9 Å². The third kappa shape index (κ3) is 4.19. The van der Waals surface area contributed by atoms with Gasteiger partial charge < -0.3 is 15.8 Å². The molecule has 110 valence electrons. The Morgan fingerprint density at radius 3 is 2.85 bits per heavy atom. The number of likely N-dealkylation sites (N-methyl/N-ethyl adjacent to an activating group) is 1. The van der Waals surface area contributed by atoms with Gasteiger partial charge in [0.15, 0.2) is 0 Å². The Morgan fingerprint density at radius 2 is 2.20 bits per heavy atom. The van der Waals surface area contributed by atoms with Crippen LogP contribution in [-0.4, -0.2) is 43.7 Å². The Hall–Kier alpha value is -1.11. The average molecular weight is 342 g/mol. The predicted octanol–water partition coefficient (Wildman–Crippen LogP) is 2.08. The summed E-state index contributed by atoms with van der Waals surface area (Å²) in [6.07, 6.45) is 1.96. The monoisotopic (exact) mass is 341 g/mol. The van der Waals surface area contributed by atoms with Crippen molar-refractivity contribution in [1.82, 2.24) is 4.90 Å². The van der Waals surface area contributed by atoms with Crippen molar-refractivity contribution in [3.63, 3.8) is 0 Å². The van der Waals surface area contributed by atoms with Gasteiger partial charge in [-0.15, -0.1) is 0 Å². The van der Waals surface area contributed by atoms with Crippen LogP contribution >= 0.6 is 15.9 Å². The molecule has 20 heavy (non-hydrogen) atoms. The second kappa shape index (κ2) is 7.06. The number of amides is 1. The van der Waals surface area contributed by atoms with Crippen LogP contribution in [-0.2, 0) is 9.53 Å². The summed E-state index contributed by atoms with van der Waals surface area (Å²) < 4.78 is 6.12. The molecule has 1 aliphatic rings. The Balaban J connectivity index is 1.88. The van der Waals surface area contributed by atoms with Crippen molar-refractivity contribution in [3.8, 4) is 0 Å². The summed E-state index contributed by atoms with van der Waals surface area (Å²) in [7, 11) is 1.98. The Labute approximate surface area is 127 Å². The molecule has 3 N–H and O–H groups in total. The lowest BCUT2D eigenvalue weighted by atomic mass is 10.1. The number of benzene rings is 1. The van der Waals surface area contributed by atoms with Gasteiger partial charge >= 0.3 is 0 Å². The molecule has 0 bridgehead atoms. The minimum absolute atomic E-state index is 0.0236. The average Bonchev–Trinajstić information content (AvgIpc) is 2.43. The van der Waals surface area contributed by atoms with Gasteiger partial charge in [-0.25, -0.2) is 0 Å². The largest absolute Gasteiger partial charge is 0.399 e. The van der Waals surface area contributed by atoms with E-state index >= 15 is 0 Å². The van der Waals surface area contributed by atoms with Crippen molar-refractivity contribution in [3.05, 3.63) is 22.7 Å². The van der Waals surface area contributed by atoms with E-state index in [2.05, 4.69) is 26.1 Å². The lowest BCUT2D eigenvalue weighted by Gasteiger charge is -2.30. The van der Waals surface area contributed by atoms with E-state index in [4.69, 9.17) is 10.5 Å². The maximum Gasteiger partial charge on any atom is 0.238 e. The van der Waals surface area contributed by atoms with Gasteiger partial charge in [0.2, 0.25) is 5.91 Å². The molecule has 0 aliphatic carbocycles. The van der Waals surface area contributed by atoms with Gasteiger partial charge in [0, 0.05) is 29.4 Å². The Morgan fingerprint density at radius 1 is 1.50 bits per heavy atom. The van der Waals surface area contributed by atoms with E-state index in [0.717, 1.165) is 36.2 Å². The summed E-state index contributed by atoms with van der Waals surface area (Å²) in [5.74, 6) is -0.0236. The zero-order chi connectivity index (χ0) is 14.5. The molecule has 1 heterocycles. The SMILES string of the molecule is CN(CC(=O)Nc1ccc(N)cc1Br)C1CCOCC1. The highest BCUT2D eigenvalue weighted by molar-refractivity contribution is 9.10. The van der Waals surface area contributed by atoms with Crippen molar-refractivity contribution in [1.29, 1.82) is 0 Å². The maximum absolute atomic E-state index is 12.1. The molecule has 0 saturated carbocycles. The molecular weight excluding hydrogens is 322 g/mol. The number of carbonyl (C=O) groups excluding carboxylic acids is 1. The number of hydrogen-bond donors (Lipinski definition) is 2. The number of halogens is 1. The second-order valence-corrected chi connectivity index (χ2v) is 5.90. The predicted molar refractivity (Wildman–Crippen MR) is 83.7 cm³/mol. The van der Waals surface area contributed by atoms with E-state index in [1.54, 1.807) is 18.2 Å². The van der Waals surface area contributed by atoms with Crippen molar-refractivity contribution >= 4 is 33.2 Å². The lowest BCUT2D eigenvalue weighted by Crippen LogP contribution is -2.41. The van der Waals surface area contributed by atoms with Crippen LogP contribution in [0.2, 0.25) is 0 Å². The van der Waals surface area contributed by atoms with Gasteiger partial charge in [0.25, 0.3) is 0 Å². The van der Waals surface area contributed by atoms with Crippen molar-refractivity contribution in [2.24, 2.45) is 0 Å². The zero-order valence-corrected chi connectivity index (χ0v) is 13.1. The third-order valence-corrected chi connectivity index (χ3v) is 4.13. The van der Waals surface area contributed by atoms with Crippen LogP contribution in [0.25, 0.3) is 0 Å². The summed E-state index contributed by atoms with van der Waals surface area (Å²) in [5, 5.41) is 2.89. The highest BCUT2D eigenvalue weighted by Crippen LogP contribution is 2.24. The van der Waals surface area contributed by atoms with E-state index in [1.165, 1.54) is 0 Å². The zero-order valence-electron chi connectivity index (χ0n) is 11.6. The molecule has 1 amide bonds. The summed E-state index contributed by atoms with van der Waals surface area (Å²) in [5.41, 5.74) is 7.08. The Kier molecular flexibility index (Phi) is 5.39. The molecule has 5 nitrogen and oxygen atoms in total. The quantitative estimate of drug-likeness (QED) is 0.822. The number of ether oxygens (including phenoxy) is 1. The van der Waals surface area contributed by atoms with Gasteiger partial charge in [0.05, 0.1) is 12.2 Å². The van der Waals surface area contributed by atoms with Crippen LogP contribution < -0.4 is 11.1 Å². The number of hydrogen-bond acceptors (Lipinski definition) is 4. The van der Waals surface area contributed by atoms with Crippen molar-refractivity contribution in [2.45, 2.75) is 18.9 Å². The van der Waals surface area contributed by atoms with Crippen LogP contribution in [0.5, 0.6) is 0 Å². The first-order valence-corrected chi connectivity index (χ1v) is 7.48. The number of nitrogens with two attached hydrogens (primary N) is 1. The fraction of sp³-hybridized carbons (Fsp3) is 0.500. The third-order valence-electron chi connectivity index (χ3n) is 3.47. The van der Waals surface area contributed by atoms with E-state index < -0.39 is 0 Å². The number of nitrogens with zero attached hydrogens (tertiary/aromatic N) is 1. The van der Waals surface area contributed by atoms with Gasteiger partial charge in [0.1, 0.15) is 0 Å². The molecule has 0 atom stereocenters. The first-order valence-electron chi connectivity index (χ1n) is 6.69. The van der Waals surface area contributed by atoms with Crippen LogP contribution in [0, 0.1) is 0 Å². The highest BCUT2D eigenvalue weighted by atomic mass is 79.9. The number of nitrogens with one attached hydrogen (secondary N) is 1. The van der Waals surface area contributed by atoms with E-state index in [9.17, 15) is 4.79 Å². The van der Waals surface area contributed by atoms with Gasteiger partial charge in [-0.2, -0.15) is 0 Å². The Bertz CT molecular complexity index is 475. The second-order valence-electron chi connectivity index (χ2n) is 5.05. The number of rotatable bonds is 4. The van der Waals surface area contributed by atoms with Crippen LogP contribution in [0.3, 0.4) is 0 Å². The van der Waals surface area contributed by atoms with E-state index in [-0.39, 0.29) is 5.91 Å². The molecule has 1 saturated heterocycles. The summed E-state index contributed by atoms with van der Waals surface area (Å²) in [4.78, 5) is 14.2. The topological polar surface area (TPSA) is 67.6 Å². The fourth-order valence-electron chi connectivity index (χ4n) is 2.30. The number of carbonyl (C=O) groups is 1. The number of anilines is 2. The highest BCUT2D eigenvalue weighted by Gasteiger charge is 2.20. The molecule has 1 aromatic rings. The molecule has 1 aromatic carbocycles. The summed E-state index contributed by atoms with van der Waals surface area (Å²) in [6.45, 7) is 1.93. The molecule has 2 rings (SSSR count). The van der Waals surface area contributed by atoms with E-state index in [0.29, 0.717) is 18.3 Å². The number of nitrogen functional groups attached to an aromatic ring is 1. The van der Waals surface area contributed by atoms with Crippen LogP contribution in [0.4, 0.5) is 11.4 Å². The maximum atomic E-state index is 12.1. The summed E-state index contributed by atoms with van der Waals surface area (Å²) in [6, 6.07) is 5.76. The lowest BCUT2D eigenvalue weighted by molar-refractivity contribution is -0.118. The standard InChI is InChI=1S/C14H20BrN3O2/c1-18(11-4-6-20-7-5-11)9-14(19)17-13-3-2-10(16)8-12(13)15/h2-3,8,11H,4-7,9,16H2,1H3,(H,17,19). The van der Waals surface area contributed by atoms with Gasteiger partial charge in [-0.1, -0.05) is 0 Å². The van der Waals surface area contributed by atoms with Crippen molar-refractivity contribution < 1.29 is 9.53 Å². The molecule has 1 aliphatic heterocycles. The molecule has 0 unspecified atom stereocenters. The molecular formula is C14H20BrN3O2. The first kappa shape index (κ1) is 15.3. The normalized spacial score (nSPS) is 16.4. The van der Waals surface area contributed by atoms with Crippen LogP contribution in [0.1, 0.15) is 12.8 Å². The minimum atomic E-state index is -0.0236. The van der Waals surface area contributed by atoms with Gasteiger partial charge in [-0.3, -0.25) is 9.69 Å².